The third kappa shape index (κ3) is 15.4. The lowest BCUT2D eigenvalue weighted by Crippen LogP contribution is -2.33. The Labute approximate surface area is 396 Å². The molecule has 0 heterocycles. The summed E-state index contributed by atoms with van der Waals surface area (Å²) in [4.78, 5) is 0. The molecule has 0 aliphatic heterocycles. The Kier molecular flexibility index (Phi) is 23.1. The minimum absolute atomic E-state index is 1.27. The molecule has 64 heavy (non-hydrogen) atoms. The molecule has 5 aromatic rings. The van der Waals surface area contributed by atoms with E-state index >= 15 is 0 Å². The van der Waals surface area contributed by atoms with E-state index in [4.69, 9.17) is 0 Å². The molecule has 0 bridgehead atoms. The molecule has 0 aromatic heterocycles. The maximum absolute atomic E-state index is 4.40. The molecule has 0 N–H and O–H groups in total. The van der Waals surface area contributed by atoms with Crippen LogP contribution in [0.1, 0.15) is 207 Å². The molecule has 0 aliphatic carbocycles. The predicted molar refractivity (Wildman–Crippen MR) is 295 cm³/mol. The molecule has 0 nitrogen and oxygen atoms in total. The van der Waals surface area contributed by atoms with Crippen molar-refractivity contribution in [2.75, 3.05) is 0 Å². The Balaban J connectivity index is 1.81. The van der Waals surface area contributed by atoms with Crippen molar-refractivity contribution in [3.05, 3.63) is 83.9 Å². The van der Waals surface area contributed by atoms with Crippen molar-refractivity contribution in [2.45, 2.75) is 232 Å². The van der Waals surface area contributed by atoms with E-state index in [-0.39, 0.29) is 0 Å². The standard InChI is InChI=1S/C62H90Si2/c1-7-13-19-29-41-63(42-30-20-14-8-2,43-31-21-15-9-3)47-39-57-59-49-53-35-25-27-37-55(53)51-61(59)58(62-52-56-38-28-26-36-54(56)50-60(57)62)40-48-64(44-32-22-16-10-4,45-33-23-17-11-5)46-34-24-18-12-6/h25-28,35-38,49-52H,7-24,29-34,41-46H2,1-6H3. The second-order valence-corrected chi connectivity index (χ2v) is 28.8. The number of unbranched alkanes of at least 4 members (excludes halogenated alkanes) is 18. The van der Waals surface area contributed by atoms with Gasteiger partial charge in [0.2, 0.25) is 0 Å². The number of fused-ring (bicyclic) bond motifs is 4. The first kappa shape index (κ1) is 51.7. The molecule has 0 amide bonds. The van der Waals surface area contributed by atoms with Crippen LogP contribution in [0.3, 0.4) is 0 Å². The van der Waals surface area contributed by atoms with E-state index in [9.17, 15) is 0 Å². The molecule has 0 spiro atoms. The van der Waals surface area contributed by atoms with Gasteiger partial charge in [0.15, 0.2) is 0 Å². The SMILES string of the molecule is CCCCCC[Si](C#Cc1c2cc3ccccc3cc2c(C#C[Si](CCCCCC)(CCCCCC)CCCCCC)c2cc3ccccc3cc12)(CCCCCC)CCCCCC. The molecule has 2 heteroatoms. The average Bonchev–Trinajstić information content (AvgIpc) is 3.32. The second kappa shape index (κ2) is 28.7. The molecular formula is C62H90Si2. The molecule has 0 saturated heterocycles. The molecule has 5 rings (SSSR count). The fourth-order valence-corrected chi connectivity index (χ4v) is 19.3. The Bertz CT molecular complexity index is 1940. The summed E-state index contributed by atoms with van der Waals surface area (Å²) >= 11 is 0. The molecule has 0 radical (unpaired) electrons. The first-order valence-corrected chi connectivity index (χ1v) is 32.6. The van der Waals surface area contributed by atoms with Crippen LogP contribution in [0, 0.1) is 22.9 Å². The molecule has 0 atom stereocenters. The van der Waals surface area contributed by atoms with Crippen molar-refractivity contribution in [1.29, 1.82) is 0 Å². The fourth-order valence-electron chi connectivity index (χ4n) is 10.7. The molecule has 5 aromatic carbocycles. The highest BCUT2D eigenvalue weighted by Crippen LogP contribution is 2.39. The van der Waals surface area contributed by atoms with E-state index < -0.39 is 16.1 Å². The van der Waals surface area contributed by atoms with E-state index in [2.05, 4.69) is 137 Å². The summed E-state index contributed by atoms with van der Waals surface area (Å²) in [5.41, 5.74) is 11.3. The van der Waals surface area contributed by atoms with Crippen molar-refractivity contribution >= 4 is 59.2 Å². The summed E-state index contributed by atoms with van der Waals surface area (Å²) in [6.45, 7) is 14.1. The van der Waals surface area contributed by atoms with Gasteiger partial charge in [0.05, 0.1) is 0 Å². The third-order valence-electron chi connectivity index (χ3n) is 14.8. The number of hydrogen-bond acceptors (Lipinski definition) is 0. The summed E-state index contributed by atoms with van der Waals surface area (Å²) in [7, 11) is -3.81. The highest BCUT2D eigenvalue weighted by molar-refractivity contribution is 6.87. The van der Waals surface area contributed by atoms with Crippen LogP contribution in [0.2, 0.25) is 36.3 Å². The summed E-state index contributed by atoms with van der Waals surface area (Å²) in [5.74, 6) is 8.43. The maximum Gasteiger partial charge on any atom is 0.138 e. The van der Waals surface area contributed by atoms with Gasteiger partial charge < -0.3 is 0 Å². The predicted octanol–water partition coefficient (Wildman–Crippen LogP) is 20.5. The largest absolute Gasteiger partial charge is 0.138 e. The van der Waals surface area contributed by atoms with E-state index in [1.807, 2.05) is 0 Å². The number of rotatable bonds is 30. The van der Waals surface area contributed by atoms with Crippen molar-refractivity contribution in [2.24, 2.45) is 0 Å². The van der Waals surface area contributed by atoms with E-state index in [0.717, 1.165) is 0 Å². The van der Waals surface area contributed by atoms with Crippen LogP contribution in [0.5, 0.6) is 0 Å². The zero-order valence-corrected chi connectivity index (χ0v) is 44.1. The monoisotopic (exact) mass is 891 g/mol. The van der Waals surface area contributed by atoms with Gasteiger partial charge in [0, 0.05) is 11.1 Å². The third-order valence-corrected chi connectivity index (χ3v) is 24.0. The molecule has 0 unspecified atom stereocenters. The molecule has 0 aliphatic rings. The van der Waals surface area contributed by atoms with Gasteiger partial charge in [-0.1, -0.05) is 256 Å². The van der Waals surface area contributed by atoms with Gasteiger partial charge in [-0.3, -0.25) is 0 Å². The van der Waals surface area contributed by atoms with Gasteiger partial charge in [-0.2, -0.15) is 0 Å². The van der Waals surface area contributed by atoms with Crippen molar-refractivity contribution in [3.63, 3.8) is 0 Å². The van der Waals surface area contributed by atoms with Crippen LogP contribution in [-0.4, -0.2) is 16.1 Å². The van der Waals surface area contributed by atoms with Gasteiger partial charge in [-0.05, 0) is 104 Å². The topological polar surface area (TPSA) is 0 Å². The summed E-state index contributed by atoms with van der Waals surface area (Å²) in [6, 6.07) is 36.3. The quantitative estimate of drug-likeness (QED) is 0.0186. The van der Waals surface area contributed by atoms with Gasteiger partial charge in [0.25, 0.3) is 0 Å². The zero-order valence-electron chi connectivity index (χ0n) is 42.1. The number of benzene rings is 5. The molecular weight excluding hydrogens is 801 g/mol. The lowest BCUT2D eigenvalue weighted by atomic mass is 9.89. The highest BCUT2D eigenvalue weighted by atomic mass is 28.3. The van der Waals surface area contributed by atoms with Crippen molar-refractivity contribution < 1.29 is 0 Å². The Morgan fingerprint density at radius 1 is 0.297 bits per heavy atom. The van der Waals surface area contributed by atoms with E-state index in [1.165, 1.54) is 245 Å². The first-order valence-electron chi connectivity index (χ1n) is 27.3. The van der Waals surface area contributed by atoms with Crippen LogP contribution in [0.25, 0.3) is 43.1 Å². The summed E-state index contributed by atoms with van der Waals surface area (Å²) < 4.78 is 0. The van der Waals surface area contributed by atoms with Gasteiger partial charge in [-0.25, -0.2) is 0 Å². The van der Waals surface area contributed by atoms with Gasteiger partial charge >= 0.3 is 0 Å². The van der Waals surface area contributed by atoms with Crippen molar-refractivity contribution in [3.8, 4) is 22.9 Å². The molecule has 0 saturated carbocycles. The lowest BCUT2D eigenvalue weighted by molar-refractivity contribution is 0.668. The van der Waals surface area contributed by atoms with Crippen LogP contribution < -0.4 is 0 Å². The minimum Gasteiger partial charge on any atom is -0.126 e. The van der Waals surface area contributed by atoms with E-state index in [1.54, 1.807) is 0 Å². The normalized spacial score (nSPS) is 12.0. The average molecular weight is 892 g/mol. The second-order valence-electron chi connectivity index (χ2n) is 20.2. The van der Waals surface area contributed by atoms with Gasteiger partial charge in [-0.15, -0.1) is 11.1 Å². The smallest absolute Gasteiger partial charge is 0.126 e. The van der Waals surface area contributed by atoms with Crippen LogP contribution in [0.15, 0.2) is 72.8 Å². The lowest BCUT2D eigenvalue weighted by Gasteiger charge is -2.27. The Hall–Kier alpha value is -3.31. The summed E-state index contributed by atoms with van der Waals surface area (Å²) in [5, 5.41) is 10.5. The fraction of sp³-hybridized carbons (Fsp3) is 0.581. The van der Waals surface area contributed by atoms with Crippen molar-refractivity contribution in [1.82, 2.24) is 0 Å². The minimum atomic E-state index is -1.90. The maximum atomic E-state index is 4.40. The summed E-state index contributed by atoms with van der Waals surface area (Å²) in [6.07, 6.45) is 32.1. The van der Waals surface area contributed by atoms with Gasteiger partial charge in [0.1, 0.15) is 16.1 Å². The molecule has 346 valence electrons. The zero-order chi connectivity index (χ0) is 45.3. The van der Waals surface area contributed by atoms with Crippen LogP contribution >= 0.6 is 0 Å². The van der Waals surface area contributed by atoms with E-state index in [0.29, 0.717) is 0 Å². The number of hydrogen-bond donors (Lipinski definition) is 0. The van der Waals surface area contributed by atoms with Crippen LogP contribution in [0.4, 0.5) is 0 Å². The highest BCUT2D eigenvalue weighted by Gasteiger charge is 2.31. The Morgan fingerprint density at radius 2 is 0.516 bits per heavy atom. The molecule has 0 fully saturated rings. The first-order chi connectivity index (χ1) is 31.5. The Morgan fingerprint density at radius 3 is 0.719 bits per heavy atom. The van der Waals surface area contributed by atoms with Crippen LogP contribution in [-0.2, 0) is 0 Å².